The summed E-state index contributed by atoms with van der Waals surface area (Å²) in [6.07, 6.45) is 7.06. The van der Waals surface area contributed by atoms with Crippen LogP contribution < -0.4 is 10.6 Å². The highest BCUT2D eigenvalue weighted by atomic mass is 16.1. The number of carbonyl (C=O) groups is 1. The molecule has 0 aliphatic heterocycles. The molecule has 0 spiro atoms. The van der Waals surface area contributed by atoms with Crippen LogP contribution in [0.3, 0.4) is 0 Å². The zero-order valence-corrected chi connectivity index (χ0v) is 14.0. The van der Waals surface area contributed by atoms with Crippen LogP contribution in [0.1, 0.15) is 55.8 Å². The quantitative estimate of drug-likeness (QED) is 0.626. The van der Waals surface area contributed by atoms with E-state index in [-0.39, 0.29) is 17.5 Å². The molecule has 1 aliphatic carbocycles. The predicted molar refractivity (Wildman–Crippen MR) is 91.6 cm³/mol. The number of benzene rings is 1. The van der Waals surface area contributed by atoms with Gasteiger partial charge >= 0.3 is 0 Å². The fraction of sp³-hybridized carbons (Fsp3) is 0.474. The van der Waals surface area contributed by atoms with Gasteiger partial charge in [-0.2, -0.15) is 5.26 Å². The Morgan fingerprint density at radius 1 is 1.30 bits per heavy atom. The molecule has 0 saturated carbocycles. The van der Waals surface area contributed by atoms with E-state index >= 15 is 0 Å². The minimum Gasteiger partial charge on any atom is -0.390 e. The van der Waals surface area contributed by atoms with E-state index in [4.69, 9.17) is 5.26 Å². The molecular formula is C19H25N3O. The number of nitrogens with one attached hydrogen (secondary N) is 2. The fourth-order valence-corrected chi connectivity index (χ4v) is 2.98. The first-order valence-corrected chi connectivity index (χ1v) is 8.45. The van der Waals surface area contributed by atoms with E-state index in [1.54, 1.807) is 0 Å². The second-order valence-corrected chi connectivity index (χ2v) is 5.90. The van der Waals surface area contributed by atoms with E-state index in [0.29, 0.717) is 6.54 Å². The Bertz CT molecular complexity index is 628. The van der Waals surface area contributed by atoms with E-state index < -0.39 is 0 Å². The second-order valence-electron chi connectivity index (χ2n) is 5.90. The number of hydrogen-bond acceptors (Lipinski definition) is 3. The molecule has 0 aromatic heterocycles. The number of amides is 1. The number of aryl methyl sites for hydroxylation is 2. The Morgan fingerprint density at radius 3 is 2.70 bits per heavy atom. The predicted octanol–water partition coefficient (Wildman–Crippen LogP) is 3.15. The lowest BCUT2D eigenvalue weighted by Gasteiger charge is -2.21. The average Bonchev–Trinajstić information content (AvgIpc) is 2.59. The molecule has 0 saturated heterocycles. The van der Waals surface area contributed by atoms with Crippen LogP contribution in [-0.4, -0.2) is 12.5 Å². The average molecular weight is 311 g/mol. The van der Waals surface area contributed by atoms with Crippen molar-refractivity contribution in [3.8, 4) is 6.07 Å². The summed E-state index contributed by atoms with van der Waals surface area (Å²) in [4.78, 5) is 12.3. The summed E-state index contributed by atoms with van der Waals surface area (Å²) in [6.45, 7) is 4.65. The third kappa shape index (κ3) is 4.35. The molecule has 0 fully saturated rings. The van der Waals surface area contributed by atoms with Crippen molar-refractivity contribution in [2.45, 2.75) is 52.0 Å². The van der Waals surface area contributed by atoms with Crippen LogP contribution in [0.2, 0.25) is 0 Å². The van der Waals surface area contributed by atoms with E-state index in [9.17, 15) is 4.79 Å². The zero-order chi connectivity index (χ0) is 16.7. The molecule has 1 unspecified atom stereocenters. The number of carbonyl (C=O) groups excluding carboxylic acids is 1. The molecule has 1 aliphatic rings. The largest absolute Gasteiger partial charge is 0.390 e. The Hall–Kier alpha value is -2.28. The minimum absolute atomic E-state index is 0.0619. The maximum atomic E-state index is 12.3. The standard InChI is InChI=1S/C19H25N3O/c1-3-18(22-19(23)17(12-20)13-21-4-2)16-10-9-14-7-5-6-8-15(14)11-16/h9-11,13,18,21H,3-8H2,1-2H3,(H,22,23)/b17-13-. The monoisotopic (exact) mass is 311 g/mol. The summed E-state index contributed by atoms with van der Waals surface area (Å²) in [5.74, 6) is -0.321. The molecule has 2 N–H and O–H groups in total. The SMILES string of the molecule is CCN/C=C(/C#N)C(=O)NC(CC)c1ccc2c(c1)CCCC2. The van der Waals surface area contributed by atoms with Gasteiger partial charge in [-0.05, 0) is 55.7 Å². The van der Waals surface area contributed by atoms with Gasteiger partial charge in [0.15, 0.2) is 0 Å². The Morgan fingerprint density at radius 2 is 2.04 bits per heavy atom. The summed E-state index contributed by atoms with van der Waals surface area (Å²) in [5, 5.41) is 15.0. The first kappa shape index (κ1) is 17.1. The van der Waals surface area contributed by atoms with Crippen molar-refractivity contribution < 1.29 is 4.79 Å². The van der Waals surface area contributed by atoms with Crippen molar-refractivity contribution in [1.82, 2.24) is 10.6 Å². The molecule has 1 amide bonds. The highest BCUT2D eigenvalue weighted by Gasteiger charge is 2.18. The first-order chi connectivity index (χ1) is 11.2. The van der Waals surface area contributed by atoms with Gasteiger partial charge in [0.1, 0.15) is 11.6 Å². The van der Waals surface area contributed by atoms with E-state index in [2.05, 4.69) is 28.8 Å². The van der Waals surface area contributed by atoms with E-state index in [1.807, 2.05) is 19.9 Å². The van der Waals surface area contributed by atoms with Crippen molar-refractivity contribution in [3.63, 3.8) is 0 Å². The molecule has 0 radical (unpaired) electrons. The molecule has 4 nitrogen and oxygen atoms in total. The van der Waals surface area contributed by atoms with Crippen molar-refractivity contribution in [2.75, 3.05) is 6.54 Å². The Balaban J connectivity index is 2.13. The van der Waals surface area contributed by atoms with Crippen molar-refractivity contribution >= 4 is 5.91 Å². The number of fused-ring (bicyclic) bond motifs is 1. The number of nitrogens with zero attached hydrogens (tertiary/aromatic N) is 1. The van der Waals surface area contributed by atoms with Crippen LogP contribution in [0.15, 0.2) is 30.0 Å². The second kappa shape index (κ2) is 8.38. The lowest BCUT2D eigenvalue weighted by Crippen LogP contribution is -2.30. The van der Waals surface area contributed by atoms with Gasteiger partial charge in [0, 0.05) is 12.7 Å². The van der Waals surface area contributed by atoms with Gasteiger partial charge in [0.2, 0.25) is 0 Å². The van der Waals surface area contributed by atoms with Crippen LogP contribution in [0, 0.1) is 11.3 Å². The summed E-state index contributed by atoms with van der Waals surface area (Å²) in [5.41, 5.74) is 4.08. The van der Waals surface area contributed by atoms with Crippen LogP contribution >= 0.6 is 0 Å². The third-order valence-electron chi connectivity index (χ3n) is 4.30. The molecule has 1 aromatic carbocycles. The summed E-state index contributed by atoms with van der Waals surface area (Å²) < 4.78 is 0. The zero-order valence-electron chi connectivity index (χ0n) is 14.0. The third-order valence-corrected chi connectivity index (χ3v) is 4.30. The molecule has 4 heteroatoms. The van der Waals surface area contributed by atoms with Crippen molar-refractivity contribution in [1.29, 1.82) is 5.26 Å². The highest BCUT2D eigenvalue weighted by molar-refractivity contribution is 5.97. The van der Waals surface area contributed by atoms with Gasteiger partial charge in [0.25, 0.3) is 5.91 Å². The van der Waals surface area contributed by atoms with E-state index in [0.717, 1.165) is 24.8 Å². The fourth-order valence-electron chi connectivity index (χ4n) is 2.98. The summed E-state index contributed by atoms with van der Waals surface area (Å²) in [7, 11) is 0. The number of hydrogen-bond donors (Lipinski definition) is 2. The summed E-state index contributed by atoms with van der Waals surface area (Å²) >= 11 is 0. The van der Waals surface area contributed by atoms with Gasteiger partial charge in [-0.25, -0.2) is 0 Å². The van der Waals surface area contributed by atoms with Gasteiger partial charge in [-0.1, -0.05) is 25.1 Å². The number of nitriles is 1. The molecule has 1 atom stereocenters. The van der Waals surface area contributed by atoms with Crippen molar-refractivity contribution in [2.24, 2.45) is 0 Å². The van der Waals surface area contributed by atoms with Crippen molar-refractivity contribution in [3.05, 3.63) is 46.7 Å². The van der Waals surface area contributed by atoms with Crippen LogP contribution in [-0.2, 0) is 17.6 Å². The molecule has 0 heterocycles. The lowest BCUT2D eigenvalue weighted by molar-refractivity contribution is -0.117. The Kier molecular flexibility index (Phi) is 6.22. The lowest BCUT2D eigenvalue weighted by atomic mass is 9.88. The minimum atomic E-state index is -0.321. The maximum Gasteiger partial charge on any atom is 0.263 e. The topological polar surface area (TPSA) is 64.9 Å². The molecule has 2 rings (SSSR count). The van der Waals surface area contributed by atoms with Gasteiger partial charge in [-0.15, -0.1) is 0 Å². The van der Waals surface area contributed by atoms with Crippen LogP contribution in [0.25, 0.3) is 0 Å². The van der Waals surface area contributed by atoms with Gasteiger partial charge in [-0.3, -0.25) is 4.79 Å². The highest BCUT2D eigenvalue weighted by Crippen LogP contribution is 2.26. The molecule has 1 aromatic rings. The first-order valence-electron chi connectivity index (χ1n) is 8.45. The molecule has 0 bridgehead atoms. The van der Waals surface area contributed by atoms with Crippen LogP contribution in [0.5, 0.6) is 0 Å². The van der Waals surface area contributed by atoms with Crippen LogP contribution in [0.4, 0.5) is 0 Å². The normalized spacial score (nSPS) is 15.3. The van der Waals surface area contributed by atoms with Gasteiger partial charge in [0.05, 0.1) is 6.04 Å². The smallest absolute Gasteiger partial charge is 0.263 e. The van der Waals surface area contributed by atoms with E-state index in [1.165, 1.54) is 30.2 Å². The van der Waals surface area contributed by atoms with Gasteiger partial charge < -0.3 is 10.6 Å². The number of rotatable bonds is 6. The Labute approximate surface area is 138 Å². The molecular weight excluding hydrogens is 286 g/mol. The molecule has 122 valence electrons. The maximum absolute atomic E-state index is 12.3. The summed E-state index contributed by atoms with van der Waals surface area (Å²) in [6, 6.07) is 8.42. The molecule has 23 heavy (non-hydrogen) atoms.